The predicted octanol–water partition coefficient (Wildman–Crippen LogP) is 4.49. The maximum Gasteiger partial charge on any atom is 0.224 e. The van der Waals surface area contributed by atoms with Gasteiger partial charge in [0.1, 0.15) is 5.82 Å². The molecule has 1 amide bonds. The molecule has 0 unspecified atom stereocenters. The summed E-state index contributed by atoms with van der Waals surface area (Å²) in [6.07, 6.45) is 0.0341. The molecule has 0 bridgehead atoms. The summed E-state index contributed by atoms with van der Waals surface area (Å²) in [7, 11) is 0. The van der Waals surface area contributed by atoms with E-state index in [4.69, 9.17) is 0 Å². The first-order chi connectivity index (χ1) is 12.6. The highest BCUT2D eigenvalue weighted by atomic mass is 19.1. The van der Waals surface area contributed by atoms with Crippen LogP contribution in [-0.4, -0.2) is 12.5 Å². The second-order valence-corrected chi connectivity index (χ2v) is 6.61. The van der Waals surface area contributed by atoms with Crippen molar-refractivity contribution in [3.05, 3.63) is 107 Å². The highest BCUT2D eigenvalue weighted by Crippen LogP contribution is 2.31. The quantitative estimate of drug-likeness (QED) is 0.699. The average molecular weight is 347 g/mol. The molecule has 1 N–H and O–H groups in total. The van der Waals surface area contributed by atoms with E-state index in [2.05, 4.69) is 36.5 Å². The number of amides is 1. The standard InChI is InChI=1S/C23H22FNO/c1-23(19-11-4-2-5-12-19,20-13-6-3-7-14-20)17-25-22(26)16-18-10-8-9-15-21(18)24/h2-15H,16-17H2,1H3,(H,25,26). The number of rotatable bonds is 6. The lowest BCUT2D eigenvalue weighted by Gasteiger charge is -2.31. The highest BCUT2D eigenvalue weighted by Gasteiger charge is 2.29. The van der Waals surface area contributed by atoms with Crippen molar-refractivity contribution in [3.8, 4) is 0 Å². The third-order valence-corrected chi connectivity index (χ3v) is 4.77. The minimum absolute atomic E-state index is 0.0341. The summed E-state index contributed by atoms with van der Waals surface area (Å²) in [6, 6.07) is 26.6. The molecule has 132 valence electrons. The van der Waals surface area contributed by atoms with Gasteiger partial charge in [0, 0.05) is 12.0 Å². The number of carbonyl (C=O) groups is 1. The van der Waals surface area contributed by atoms with Gasteiger partial charge in [-0.25, -0.2) is 4.39 Å². The van der Waals surface area contributed by atoms with E-state index in [-0.39, 0.29) is 23.6 Å². The summed E-state index contributed by atoms with van der Waals surface area (Å²) < 4.78 is 13.8. The Morgan fingerprint density at radius 3 is 1.88 bits per heavy atom. The van der Waals surface area contributed by atoms with E-state index in [1.165, 1.54) is 6.07 Å². The molecule has 3 rings (SSSR count). The van der Waals surface area contributed by atoms with Crippen LogP contribution < -0.4 is 5.32 Å². The zero-order chi connectivity index (χ0) is 18.4. The lowest BCUT2D eigenvalue weighted by molar-refractivity contribution is -0.120. The lowest BCUT2D eigenvalue weighted by Crippen LogP contribution is -2.40. The third kappa shape index (κ3) is 3.99. The van der Waals surface area contributed by atoms with Crippen molar-refractivity contribution in [1.29, 1.82) is 0 Å². The van der Waals surface area contributed by atoms with Crippen molar-refractivity contribution in [2.24, 2.45) is 0 Å². The summed E-state index contributed by atoms with van der Waals surface area (Å²) in [6.45, 7) is 2.55. The number of hydrogen-bond acceptors (Lipinski definition) is 1. The molecule has 3 aromatic carbocycles. The van der Waals surface area contributed by atoms with Gasteiger partial charge in [-0.3, -0.25) is 4.79 Å². The van der Waals surface area contributed by atoms with Gasteiger partial charge in [0.25, 0.3) is 0 Å². The molecule has 0 aromatic heterocycles. The number of nitrogens with one attached hydrogen (secondary N) is 1. The van der Waals surface area contributed by atoms with Gasteiger partial charge in [0.15, 0.2) is 0 Å². The molecule has 3 heteroatoms. The first-order valence-electron chi connectivity index (χ1n) is 8.71. The van der Waals surface area contributed by atoms with Crippen molar-refractivity contribution >= 4 is 5.91 Å². The minimum Gasteiger partial charge on any atom is -0.355 e. The molecule has 0 saturated carbocycles. The normalized spacial score (nSPS) is 11.2. The monoisotopic (exact) mass is 347 g/mol. The molecule has 0 fully saturated rings. The first kappa shape index (κ1) is 17.9. The second kappa shape index (κ2) is 7.96. The molecular weight excluding hydrogens is 325 g/mol. The number of hydrogen-bond donors (Lipinski definition) is 1. The van der Waals surface area contributed by atoms with E-state index in [0.717, 1.165) is 11.1 Å². The largest absolute Gasteiger partial charge is 0.355 e. The minimum atomic E-state index is -0.368. The van der Waals surface area contributed by atoms with Crippen LogP contribution in [0.5, 0.6) is 0 Å². The topological polar surface area (TPSA) is 29.1 Å². The van der Waals surface area contributed by atoms with Gasteiger partial charge in [-0.05, 0) is 29.7 Å². The fourth-order valence-corrected chi connectivity index (χ4v) is 3.14. The third-order valence-electron chi connectivity index (χ3n) is 4.77. The Morgan fingerprint density at radius 1 is 0.846 bits per heavy atom. The maximum atomic E-state index is 13.8. The summed E-state index contributed by atoms with van der Waals surface area (Å²) in [5, 5.41) is 2.99. The Morgan fingerprint density at radius 2 is 1.35 bits per heavy atom. The van der Waals surface area contributed by atoms with Gasteiger partial charge in [-0.15, -0.1) is 0 Å². The van der Waals surface area contributed by atoms with E-state index in [0.29, 0.717) is 12.1 Å². The van der Waals surface area contributed by atoms with Crippen molar-refractivity contribution in [3.63, 3.8) is 0 Å². The molecular formula is C23H22FNO. The molecule has 0 radical (unpaired) electrons. The van der Waals surface area contributed by atoms with Crippen LogP contribution in [0.2, 0.25) is 0 Å². The van der Waals surface area contributed by atoms with Gasteiger partial charge in [-0.2, -0.15) is 0 Å². The molecule has 0 spiro atoms. The molecule has 0 heterocycles. The predicted molar refractivity (Wildman–Crippen MR) is 102 cm³/mol. The van der Waals surface area contributed by atoms with Crippen LogP contribution in [-0.2, 0) is 16.6 Å². The van der Waals surface area contributed by atoms with Crippen molar-refractivity contribution in [2.75, 3.05) is 6.54 Å². The van der Waals surface area contributed by atoms with E-state index in [1.54, 1.807) is 18.2 Å². The maximum absolute atomic E-state index is 13.8. The van der Waals surface area contributed by atoms with Crippen LogP contribution in [0, 0.1) is 5.82 Å². The Bertz CT molecular complexity index is 822. The Hall–Kier alpha value is -2.94. The zero-order valence-electron chi connectivity index (χ0n) is 14.8. The summed E-state index contributed by atoms with van der Waals surface area (Å²) in [5.74, 6) is -0.537. The zero-order valence-corrected chi connectivity index (χ0v) is 14.8. The first-order valence-corrected chi connectivity index (χ1v) is 8.71. The molecule has 0 atom stereocenters. The molecule has 0 aliphatic rings. The van der Waals surface area contributed by atoms with E-state index in [9.17, 15) is 9.18 Å². The second-order valence-electron chi connectivity index (χ2n) is 6.61. The number of carbonyl (C=O) groups excluding carboxylic acids is 1. The van der Waals surface area contributed by atoms with E-state index < -0.39 is 0 Å². The summed E-state index contributed by atoms with van der Waals surface area (Å²) >= 11 is 0. The highest BCUT2D eigenvalue weighted by molar-refractivity contribution is 5.78. The lowest BCUT2D eigenvalue weighted by atomic mass is 9.76. The van der Waals surface area contributed by atoms with Crippen LogP contribution in [0.4, 0.5) is 4.39 Å². The number of benzene rings is 3. The van der Waals surface area contributed by atoms with Crippen molar-refractivity contribution in [1.82, 2.24) is 5.32 Å². The molecule has 0 aliphatic carbocycles. The number of halogens is 1. The molecule has 26 heavy (non-hydrogen) atoms. The van der Waals surface area contributed by atoms with Gasteiger partial charge in [-0.1, -0.05) is 78.9 Å². The average Bonchev–Trinajstić information content (AvgIpc) is 2.69. The van der Waals surface area contributed by atoms with Crippen LogP contribution in [0.15, 0.2) is 84.9 Å². The van der Waals surface area contributed by atoms with Crippen LogP contribution in [0.1, 0.15) is 23.6 Å². The van der Waals surface area contributed by atoms with E-state index >= 15 is 0 Å². The van der Waals surface area contributed by atoms with Gasteiger partial charge < -0.3 is 5.32 Å². The Labute approximate surface area is 153 Å². The van der Waals surface area contributed by atoms with Crippen LogP contribution in [0.25, 0.3) is 0 Å². The van der Waals surface area contributed by atoms with E-state index in [1.807, 2.05) is 36.4 Å². The van der Waals surface area contributed by atoms with Crippen LogP contribution in [0.3, 0.4) is 0 Å². The van der Waals surface area contributed by atoms with Crippen molar-refractivity contribution < 1.29 is 9.18 Å². The smallest absolute Gasteiger partial charge is 0.224 e. The summed E-state index contributed by atoms with van der Waals surface area (Å²) in [5.41, 5.74) is 2.29. The fraction of sp³-hybridized carbons (Fsp3) is 0.174. The Kier molecular flexibility index (Phi) is 5.47. The molecule has 0 aliphatic heterocycles. The van der Waals surface area contributed by atoms with Crippen molar-refractivity contribution in [2.45, 2.75) is 18.8 Å². The molecule has 3 aromatic rings. The van der Waals surface area contributed by atoms with Gasteiger partial charge in [0.05, 0.1) is 6.42 Å². The van der Waals surface area contributed by atoms with Crippen LogP contribution >= 0.6 is 0 Å². The van der Waals surface area contributed by atoms with Gasteiger partial charge in [0.2, 0.25) is 5.91 Å². The van der Waals surface area contributed by atoms with Gasteiger partial charge >= 0.3 is 0 Å². The molecule has 0 saturated heterocycles. The fourth-order valence-electron chi connectivity index (χ4n) is 3.14. The molecule has 2 nitrogen and oxygen atoms in total. The Balaban J connectivity index is 1.79. The summed E-state index contributed by atoms with van der Waals surface area (Å²) in [4.78, 5) is 12.4. The SMILES string of the molecule is CC(CNC(=O)Cc1ccccc1F)(c1ccccc1)c1ccccc1.